The Hall–Kier alpha value is -2.76. The molecule has 1 aliphatic carbocycles. The van der Waals surface area contributed by atoms with Crippen molar-refractivity contribution >= 4 is 23.3 Å². The Morgan fingerprint density at radius 3 is 2.53 bits per heavy atom. The highest BCUT2D eigenvalue weighted by atomic mass is 16.3. The maximum Gasteiger partial charge on any atom is 0.197 e. The van der Waals surface area contributed by atoms with Gasteiger partial charge in [-0.2, -0.15) is 0 Å². The van der Waals surface area contributed by atoms with Crippen LogP contribution in [0.4, 0.5) is 5.69 Å². The molecule has 0 spiro atoms. The number of ketones is 1. The number of nitrogens with zero attached hydrogens (tertiary/aromatic N) is 3. The number of phenolic OH excluding ortho intramolecular Hbond substituents is 1. The van der Waals surface area contributed by atoms with Crippen LogP contribution in [0.5, 0.6) is 5.75 Å². The predicted octanol–water partition coefficient (Wildman–Crippen LogP) is 4.56. The lowest BCUT2D eigenvalue weighted by Crippen LogP contribution is -2.46. The van der Waals surface area contributed by atoms with Gasteiger partial charge in [0, 0.05) is 34.9 Å². The number of aromatic hydroxyl groups is 1. The van der Waals surface area contributed by atoms with Crippen molar-refractivity contribution in [3.8, 4) is 5.75 Å². The van der Waals surface area contributed by atoms with E-state index in [9.17, 15) is 9.90 Å². The van der Waals surface area contributed by atoms with Gasteiger partial charge in [-0.1, -0.05) is 18.6 Å². The second-order valence-electron chi connectivity index (χ2n) is 9.49. The number of Topliss-reactive ketones (excluding diaryl/α,β-unsaturated/α-hetero) is 1. The first-order valence-electron chi connectivity index (χ1n) is 11.9. The van der Waals surface area contributed by atoms with Crippen molar-refractivity contribution < 1.29 is 9.90 Å². The molecule has 0 radical (unpaired) electrons. The second-order valence-corrected chi connectivity index (χ2v) is 9.49. The van der Waals surface area contributed by atoms with Crippen LogP contribution < -0.4 is 0 Å². The van der Waals surface area contributed by atoms with Gasteiger partial charge in [0.15, 0.2) is 5.78 Å². The van der Waals surface area contributed by atoms with Crippen LogP contribution in [0.1, 0.15) is 59.2 Å². The van der Waals surface area contributed by atoms with Gasteiger partial charge in [-0.25, -0.2) is 4.99 Å². The van der Waals surface area contributed by atoms with Gasteiger partial charge in [0.25, 0.3) is 0 Å². The molecule has 5 nitrogen and oxygen atoms in total. The van der Waals surface area contributed by atoms with Crippen molar-refractivity contribution in [3.05, 3.63) is 64.2 Å². The number of phenols is 1. The Morgan fingerprint density at radius 1 is 0.938 bits per heavy atom. The van der Waals surface area contributed by atoms with Crippen molar-refractivity contribution in [3.63, 3.8) is 0 Å². The molecule has 3 aliphatic heterocycles. The normalized spacial score (nSPS) is 21.6. The van der Waals surface area contributed by atoms with Crippen LogP contribution in [0.25, 0.3) is 6.08 Å². The summed E-state index contributed by atoms with van der Waals surface area (Å²) in [4.78, 5) is 23.1. The monoisotopic (exact) mass is 427 g/mol. The third kappa shape index (κ3) is 3.31. The molecule has 2 aromatic rings. The first kappa shape index (κ1) is 19.9. The van der Waals surface area contributed by atoms with E-state index in [0.717, 1.165) is 41.2 Å². The van der Waals surface area contributed by atoms with Gasteiger partial charge in [0.2, 0.25) is 0 Å². The summed E-state index contributed by atoms with van der Waals surface area (Å²) >= 11 is 0. The number of allylic oxidation sites excluding steroid dienone is 1. The standard InChI is InChI=1S/C27H29N3O2/c31-25-9-8-19-21(16-22-26(19)28-24-7-3-2-6-20(24)27(22)32)23(25)17-29-14-10-18(11-15-29)30-12-4-1-5-13-30/h2-3,6-9,16,18,31H,1,4-5,10-15,17H2. The smallest absolute Gasteiger partial charge is 0.197 e. The van der Waals surface area contributed by atoms with Crippen LogP contribution in [-0.2, 0) is 6.54 Å². The van der Waals surface area contributed by atoms with E-state index in [-0.39, 0.29) is 5.78 Å². The van der Waals surface area contributed by atoms with Gasteiger partial charge >= 0.3 is 0 Å². The van der Waals surface area contributed by atoms with Crippen molar-refractivity contribution in [2.24, 2.45) is 4.99 Å². The van der Waals surface area contributed by atoms with Crippen molar-refractivity contribution in [2.45, 2.75) is 44.7 Å². The summed E-state index contributed by atoms with van der Waals surface area (Å²) in [6.45, 7) is 5.31. The Balaban J connectivity index is 1.25. The highest BCUT2D eigenvalue weighted by Gasteiger charge is 2.34. The average Bonchev–Trinajstić information content (AvgIpc) is 3.21. The summed E-state index contributed by atoms with van der Waals surface area (Å²) in [7, 11) is 0. The van der Waals surface area contributed by atoms with E-state index in [1.165, 1.54) is 45.2 Å². The fraction of sp³-hybridized carbons (Fsp3) is 0.407. The predicted molar refractivity (Wildman–Crippen MR) is 127 cm³/mol. The van der Waals surface area contributed by atoms with E-state index in [0.29, 0.717) is 29.5 Å². The highest BCUT2D eigenvalue weighted by Crippen LogP contribution is 2.40. The third-order valence-electron chi connectivity index (χ3n) is 7.60. The molecule has 0 amide bonds. The van der Waals surface area contributed by atoms with Crippen LogP contribution in [0.3, 0.4) is 0 Å². The lowest BCUT2D eigenvalue weighted by Gasteiger charge is -2.40. The van der Waals surface area contributed by atoms with E-state index in [2.05, 4.69) is 9.80 Å². The summed E-state index contributed by atoms with van der Waals surface area (Å²) in [6, 6.07) is 11.9. The lowest BCUT2D eigenvalue weighted by molar-refractivity contribution is 0.0893. The number of piperidine rings is 2. The minimum Gasteiger partial charge on any atom is -0.508 e. The van der Waals surface area contributed by atoms with Crippen LogP contribution in [0, 0.1) is 0 Å². The van der Waals surface area contributed by atoms with E-state index in [1.807, 2.05) is 36.4 Å². The average molecular weight is 428 g/mol. The number of benzene rings is 2. The fourth-order valence-electron chi connectivity index (χ4n) is 5.82. The molecule has 4 aliphatic rings. The largest absolute Gasteiger partial charge is 0.508 e. The summed E-state index contributed by atoms with van der Waals surface area (Å²) in [5.41, 5.74) is 5.60. The Labute approximate surface area is 189 Å². The number of hydrogen-bond acceptors (Lipinski definition) is 5. The Kier molecular flexibility index (Phi) is 4.96. The van der Waals surface area contributed by atoms with Crippen molar-refractivity contribution in [1.82, 2.24) is 9.80 Å². The number of likely N-dealkylation sites (tertiary alicyclic amines) is 2. The molecule has 2 aromatic carbocycles. The zero-order chi connectivity index (χ0) is 21.7. The first-order valence-corrected chi connectivity index (χ1v) is 11.9. The molecule has 1 N–H and O–H groups in total. The minimum atomic E-state index is 0.0228. The number of carbonyl (C=O) groups excluding carboxylic acids is 1. The summed E-state index contributed by atoms with van der Waals surface area (Å²) in [5, 5.41) is 10.7. The molecule has 3 heterocycles. The van der Waals surface area contributed by atoms with Crippen molar-refractivity contribution in [1.29, 1.82) is 0 Å². The summed E-state index contributed by atoms with van der Waals surface area (Å²) in [5.74, 6) is 0.331. The number of carbonyl (C=O) groups is 1. The topological polar surface area (TPSA) is 56.1 Å². The van der Waals surface area contributed by atoms with Gasteiger partial charge in [0.05, 0.1) is 11.4 Å². The molecule has 0 bridgehead atoms. The highest BCUT2D eigenvalue weighted by molar-refractivity contribution is 6.41. The SMILES string of the molecule is O=C1C2=Cc3c(ccc(O)c3CN3CCC(N4CCCCC4)CC3)C2=Nc2ccccc21. The van der Waals surface area contributed by atoms with Gasteiger partial charge in [-0.3, -0.25) is 9.69 Å². The molecule has 32 heavy (non-hydrogen) atoms. The van der Waals surface area contributed by atoms with E-state index in [1.54, 1.807) is 6.07 Å². The van der Waals surface area contributed by atoms with Crippen molar-refractivity contribution in [2.75, 3.05) is 26.2 Å². The second kappa shape index (κ2) is 7.98. The molecular formula is C27H29N3O2. The molecule has 164 valence electrons. The quantitative estimate of drug-likeness (QED) is 0.780. The van der Waals surface area contributed by atoms with Crippen LogP contribution in [-0.4, -0.2) is 58.6 Å². The van der Waals surface area contributed by atoms with Crippen LogP contribution >= 0.6 is 0 Å². The molecule has 0 atom stereocenters. The molecule has 6 rings (SSSR count). The van der Waals surface area contributed by atoms with Crippen LogP contribution in [0.2, 0.25) is 0 Å². The zero-order valence-corrected chi connectivity index (χ0v) is 18.4. The Morgan fingerprint density at radius 2 is 1.72 bits per heavy atom. The minimum absolute atomic E-state index is 0.0228. The molecule has 0 aromatic heterocycles. The van der Waals surface area contributed by atoms with Crippen LogP contribution in [0.15, 0.2) is 47.0 Å². The summed E-state index contributed by atoms with van der Waals surface area (Å²) < 4.78 is 0. The molecular weight excluding hydrogens is 398 g/mol. The Bertz CT molecular complexity index is 1140. The maximum absolute atomic E-state index is 13.1. The number of fused-ring (bicyclic) bond motifs is 4. The molecule has 5 heteroatoms. The number of rotatable bonds is 3. The van der Waals surface area contributed by atoms with Gasteiger partial charge in [-0.15, -0.1) is 0 Å². The van der Waals surface area contributed by atoms with E-state index in [4.69, 9.17) is 4.99 Å². The first-order chi connectivity index (χ1) is 15.7. The maximum atomic E-state index is 13.1. The van der Waals surface area contributed by atoms with E-state index >= 15 is 0 Å². The van der Waals surface area contributed by atoms with E-state index < -0.39 is 0 Å². The molecule has 0 unspecified atom stereocenters. The summed E-state index contributed by atoms with van der Waals surface area (Å²) in [6.07, 6.45) is 8.38. The van der Waals surface area contributed by atoms with Gasteiger partial charge < -0.3 is 10.0 Å². The molecule has 0 saturated carbocycles. The number of aliphatic imine (C=N–C) groups is 1. The third-order valence-corrected chi connectivity index (χ3v) is 7.60. The molecule has 2 saturated heterocycles. The number of hydrogen-bond donors (Lipinski definition) is 1. The fourth-order valence-corrected chi connectivity index (χ4v) is 5.82. The lowest BCUT2D eigenvalue weighted by atomic mass is 9.94. The van der Waals surface area contributed by atoms with Gasteiger partial charge in [0.1, 0.15) is 5.75 Å². The molecule has 2 fully saturated rings. The number of para-hydroxylation sites is 1. The van der Waals surface area contributed by atoms with Gasteiger partial charge in [-0.05, 0) is 87.8 Å². The zero-order valence-electron chi connectivity index (χ0n) is 18.4.